The molecule has 4 aromatic rings. The summed E-state index contributed by atoms with van der Waals surface area (Å²) in [6.07, 6.45) is 4.74. The van der Waals surface area contributed by atoms with Gasteiger partial charge in [-0.25, -0.2) is 20.8 Å². The van der Waals surface area contributed by atoms with E-state index in [0.29, 0.717) is 34.3 Å². The third kappa shape index (κ3) is 12.6. The summed E-state index contributed by atoms with van der Waals surface area (Å²) in [5.41, 5.74) is 12.3. The van der Waals surface area contributed by atoms with Crippen molar-refractivity contribution in [3.8, 4) is 17.2 Å². The van der Waals surface area contributed by atoms with E-state index in [-0.39, 0.29) is 17.6 Å². The van der Waals surface area contributed by atoms with E-state index >= 15 is 0 Å². The molecule has 4 aromatic carbocycles. The van der Waals surface area contributed by atoms with Crippen LogP contribution in [-0.4, -0.2) is 73.1 Å². The number of benzene rings is 4. The third-order valence-corrected chi connectivity index (χ3v) is 10.4. The maximum Gasteiger partial charge on any atom is 0.250 e. The third-order valence-electron chi connectivity index (χ3n) is 8.48. The number of amides is 2. The first-order valence-corrected chi connectivity index (χ1v) is 20.3. The standard InChI is InChI=1S/C22H23N3O4S.C21H24N4OS/c1-14(2)29-22-18(27-3)9-15(10-19(22)28-4)12-23-25-20(26)13-30-21-11-16-7-5-6-8-17(16)24-21;1-3-25(4-2)18-11-9-16(10-12-18)14-22-24-20(26)15-27-21-13-17-7-5-6-8-19(17)23-21/h5-10,12H,1,11,13H2,2-4H3,(H,25,26);5-12,14H,3-4,13,15H2,1-2H3,(H,24,26)/b23-12+;22-14+. The number of thioether (sulfide) groups is 2. The predicted molar refractivity (Wildman–Crippen MR) is 236 cm³/mol. The zero-order valence-electron chi connectivity index (χ0n) is 32.8. The maximum absolute atomic E-state index is 12.1. The molecular weight excluding hydrogens is 759 g/mol. The maximum atomic E-state index is 12.1. The second kappa shape index (κ2) is 21.4. The highest BCUT2D eigenvalue weighted by molar-refractivity contribution is 8.14. The molecule has 0 radical (unpaired) electrons. The van der Waals surface area contributed by atoms with Crippen LogP contribution in [0.1, 0.15) is 43.0 Å². The van der Waals surface area contributed by atoms with E-state index in [9.17, 15) is 9.59 Å². The van der Waals surface area contributed by atoms with E-state index < -0.39 is 0 Å². The number of fused-ring (bicyclic) bond motifs is 2. The van der Waals surface area contributed by atoms with Crippen LogP contribution in [-0.2, 0) is 22.4 Å². The Bertz CT molecular complexity index is 2140. The van der Waals surface area contributed by atoms with E-state index in [1.807, 2.05) is 54.6 Å². The summed E-state index contributed by atoms with van der Waals surface area (Å²) in [5.74, 6) is 2.09. The molecular formula is C43H47N7O5S2. The van der Waals surface area contributed by atoms with Gasteiger partial charge in [0.15, 0.2) is 11.5 Å². The largest absolute Gasteiger partial charge is 0.493 e. The van der Waals surface area contributed by atoms with E-state index in [4.69, 9.17) is 14.2 Å². The van der Waals surface area contributed by atoms with Crippen LogP contribution < -0.4 is 30.0 Å². The summed E-state index contributed by atoms with van der Waals surface area (Å²) >= 11 is 2.88. The number of hydrogen-bond donors (Lipinski definition) is 2. The van der Waals surface area contributed by atoms with Gasteiger partial charge in [0, 0.05) is 37.2 Å². The molecule has 0 unspecified atom stereocenters. The highest BCUT2D eigenvalue weighted by Crippen LogP contribution is 2.39. The van der Waals surface area contributed by atoms with Crippen LogP contribution in [0.3, 0.4) is 0 Å². The van der Waals surface area contributed by atoms with E-state index in [2.05, 4.69) is 74.6 Å². The molecule has 0 saturated carbocycles. The summed E-state index contributed by atoms with van der Waals surface area (Å²) in [6.45, 7) is 11.7. The Morgan fingerprint density at radius 2 is 1.23 bits per heavy atom. The van der Waals surface area contributed by atoms with Gasteiger partial charge in [-0.1, -0.05) is 55.1 Å². The predicted octanol–water partition coefficient (Wildman–Crippen LogP) is 8.09. The Hall–Kier alpha value is -5.86. The quantitative estimate of drug-likeness (QED) is 0.0699. The number of carbonyl (C=O) groups is 2. The lowest BCUT2D eigenvalue weighted by Crippen LogP contribution is -2.21. The second-order valence-corrected chi connectivity index (χ2v) is 14.7. The number of methoxy groups -OCH3 is 2. The lowest BCUT2D eigenvalue weighted by Gasteiger charge is -2.20. The Labute approximate surface area is 342 Å². The molecule has 0 atom stereocenters. The number of nitrogens with one attached hydrogen (secondary N) is 2. The molecule has 296 valence electrons. The van der Waals surface area contributed by atoms with Crippen LogP contribution in [0.4, 0.5) is 17.1 Å². The first-order valence-electron chi connectivity index (χ1n) is 18.3. The Kier molecular flexibility index (Phi) is 15.9. The average molecular weight is 806 g/mol. The van der Waals surface area contributed by atoms with Gasteiger partial charge in [0.25, 0.3) is 0 Å². The van der Waals surface area contributed by atoms with E-state index in [1.54, 1.807) is 25.3 Å². The lowest BCUT2D eigenvalue weighted by molar-refractivity contribution is -0.119. The molecule has 0 aromatic heterocycles. The van der Waals surface area contributed by atoms with Gasteiger partial charge in [-0.05, 0) is 73.9 Å². The van der Waals surface area contributed by atoms with Gasteiger partial charge in [-0.15, -0.1) is 23.5 Å². The molecule has 2 amide bonds. The number of ether oxygens (including phenoxy) is 3. The minimum atomic E-state index is -0.212. The van der Waals surface area contributed by atoms with Crippen molar-refractivity contribution in [3.63, 3.8) is 0 Å². The van der Waals surface area contributed by atoms with Crippen LogP contribution in [0.5, 0.6) is 17.2 Å². The molecule has 2 N–H and O–H groups in total. The Balaban J connectivity index is 0.000000219. The SMILES string of the molecule is C=C(C)Oc1c(OC)cc(/C=N/NC(=O)CSC2=Nc3ccccc3C2)cc1OC.CCN(CC)c1ccc(/C=N/NC(=O)CSC2=Nc3ccccc3C2)cc1. The fourth-order valence-corrected chi connectivity index (χ4v) is 7.27. The van der Waals surface area contributed by atoms with Crippen molar-refractivity contribution in [1.82, 2.24) is 10.9 Å². The van der Waals surface area contributed by atoms with Crippen molar-refractivity contribution in [1.29, 1.82) is 0 Å². The number of rotatable bonds is 15. The lowest BCUT2D eigenvalue weighted by atomic mass is 10.2. The number of anilines is 1. The smallest absolute Gasteiger partial charge is 0.250 e. The summed E-state index contributed by atoms with van der Waals surface area (Å²) < 4.78 is 16.3. The fourth-order valence-electron chi connectivity index (χ4n) is 5.71. The molecule has 0 saturated heterocycles. The molecule has 2 heterocycles. The monoisotopic (exact) mass is 805 g/mol. The molecule has 0 spiro atoms. The minimum absolute atomic E-state index is 0.130. The summed E-state index contributed by atoms with van der Waals surface area (Å²) in [7, 11) is 3.06. The van der Waals surface area contributed by atoms with Gasteiger partial charge in [0.1, 0.15) is 0 Å². The van der Waals surface area contributed by atoms with E-state index in [0.717, 1.165) is 53.0 Å². The molecule has 0 bridgehead atoms. The molecule has 14 heteroatoms. The fraction of sp³-hybridized carbons (Fsp3) is 0.256. The van der Waals surface area contributed by atoms with Crippen molar-refractivity contribution in [3.05, 3.63) is 120 Å². The van der Waals surface area contributed by atoms with Crippen LogP contribution in [0.15, 0.2) is 117 Å². The van der Waals surface area contributed by atoms with Crippen molar-refractivity contribution in [2.45, 2.75) is 33.6 Å². The molecule has 0 fully saturated rings. The summed E-state index contributed by atoms with van der Waals surface area (Å²) in [5, 5.41) is 9.97. The minimum Gasteiger partial charge on any atom is -0.493 e. The van der Waals surface area contributed by atoms with Crippen LogP contribution in [0.25, 0.3) is 0 Å². The number of nitrogens with zero attached hydrogens (tertiary/aromatic N) is 5. The van der Waals surface area contributed by atoms with Gasteiger partial charge >= 0.3 is 0 Å². The normalized spacial score (nSPS) is 12.5. The zero-order valence-corrected chi connectivity index (χ0v) is 34.4. The summed E-state index contributed by atoms with van der Waals surface area (Å²) in [6, 6.07) is 27.6. The van der Waals surface area contributed by atoms with Gasteiger partial charge in [0.05, 0.1) is 65.4 Å². The first-order chi connectivity index (χ1) is 27.7. The molecule has 2 aliphatic rings. The van der Waals surface area contributed by atoms with Crippen molar-refractivity contribution in [2.24, 2.45) is 20.2 Å². The molecule has 6 rings (SSSR count). The molecule has 12 nitrogen and oxygen atoms in total. The second-order valence-electron chi connectivity index (χ2n) is 12.6. The van der Waals surface area contributed by atoms with Crippen LogP contribution >= 0.6 is 23.5 Å². The van der Waals surface area contributed by atoms with Gasteiger partial charge < -0.3 is 19.1 Å². The zero-order chi connectivity index (χ0) is 40.6. The number of allylic oxidation sites excluding steroid dienone is 1. The van der Waals surface area contributed by atoms with Crippen molar-refractivity contribution in [2.75, 3.05) is 43.7 Å². The first kappa shape index (κ1) is 42.3. The molecule has 2 aliphatic heterocycles. The number of carbonyl (C=O) groups excluding carboxylic acids is 2. The van der Waals surface area contributed by atoms with Crippen LogP contribution in [0.2, 0.25) is 0 Å². The van der Waals surface area contributed by atoms with Gasteiger partial charge in [-0.2, -0.15) is 10.2 Å². The number of aliphatic imine (C=N–C) groups is 2. The Morgan fingerprint density at radius 3 is 1.67 bits per heavy atom. The van der Waals surface area contributed by atoms with E-state index in [1.165, 1.54) is 60.8 Å². The van der Waals surface area contributed by atoms with Crippen LogP contribution in [0, 0.1) is 0 Å². The van der Waals surface area contributed by atoms with Crippen molar-refractivity contribution < 1.29 is 23.8 Å². The molecule has 57 heavy (non-hydrogen) atoms. The average Bonchev–Trinajstić information content (AvgIpc) is 3.84. The highest BCUT2D eigenvalue weighted by Gasteiger charge is 2.17. The number of hydrazone groups is 2. The topological polar surface area (TPSA) is 139 Å². The van der Waals surface area contributed by atoms with Gasteiger partial charge in [-0.3, -0.25) is 9.59 Å². The number of para-hydroxylation sites is 2. The highest BCUT2D eigenvalue weighted by atomic mass is 32.2. The Morgan fingerprint density at radius 1 is 0.754 bits per heavy atom. The molecule has 0 aliphatic carbocycles. The van der Waals surface area contributed by atoms with Gasteiger partial charge in [0.2, 0.25) is 17.6 Å². The van der Waals surface area contributed by atoms with Crippen molar-refractivity contribution >= 4 is 74.9 Å². The number of hydrogen-bond acceptors (Lipinski definition) is 12. The summed E-state index contributed by atoms with van der Waals surface area (Å²) in [4.78, 5) is 35.4.